The fourth-order valence-corrected chi connectivity index (χ4v) is 15.8. The summed E-state index contributed by atoms with van der Waals surface area (Å²) >= 11 is 0. The van der Waals surface area contributed by atoms with Gasteiger partial charge in [-0.3, -0.25) is 0 Å². The van der Waals surface area contributed by atoms with Crippen molar-refractivity contribution >= 4 is 0 Å². The van der Waals surface area contributed by atoms with Gasteiger partial charge >= 0.3 is 5.79 Å². The van der Waals surface area contributed by atoms with Crippen molar-refractivity contribution in [1.29, 1.82) is 0 Å². The SMILES string of the molecule is Oc1cc(O)c2c(c1)OC(c1ccc(O)c(O)c1)C(O)C2c1c(O)cc(O)c2c1OC(c1ccc(O)c(O)c1)C(O)C2c1c(O)cc(O)c2c1OC1(c3ccc(O)c(O)c3)Oc3cc(O)c4c(c3C2C1O)OC(c1ccc(O)c(O)c1)C(O)C4c1c(O)cc(O)c2c1OC(c1ccc(O)c(O)c1)C(O)C2. The molecule has 0 spiro atoms. The zero-order chi connectivity index (χ0) is 74.3. The molecule has 0 amide bonds. The molecular weight excluding hydrogens is 1380 g/mol. The Balaban J connectivity index is 0.966. The minimum Gasteiger partial charge on any atom is -0.508 e. The Kier molecular flexibility index (Phi) is 14.9. The molecule has 30 heteroatoms. The Bertz CT molecular complexity index is 5350. The summed E-state index contributed by atoms with van der Waals surface area (Å²) in [7, 11) is 0. The van der Waals surface area contributed by atoms with E-state index in [1.165, 1.54) is 24.3 Å². The Morgan fingerprint density at radius 3 is 1.10 bits per heavy atom. The quantitative estimate of drug-likeness (QED) is 0.0672. The number of fused-ring (bicyclic) bond motifs is 11. The number of hydrogen-bond donors (Lipinski definition) is 24. The van der Waals surface area contributed by atoms with E-state index in [-0.39, 0.29) is 39.1 Å². The van der Waals surface area contributed by atoms with E-state index in [9.17, 15) is 123 Å². The average molecular weight is 1440 g/mol. The minimum atomic E-state index is -2.91. The molecule has 0 saturated carbocycles. The molecule has 14 atom stereocenters. The number of aliphatic hydroxyl groups is 5. The fraction of sp³-hybridized carbons (Fsp3) is 0.200. The minimum absolute atomic E-state index is 0.0427. The van der Waals surface area contributed by atoms with Crippen molar-refractivity contribution in [2.75, 3.05) is 0 Å². The molecule has 6 aliphatic heterocycles. The normalized spacial score (nSPS) is 25.1. The van der Waals surface area contributed by atoms with Crippen molar-refractivity contribution in [1.82, 2.24) is 0 Å². The lowest BCUT2D eigenvalue weighted by atomic mass is 9.69. The van der Waals surface area contributed by atoms with Gasteiger partial charge in [-0.25, -0.2) is 0 Å². The van der Waals surface area contributed by atoms with Crippen LogP contribution in [0.3, 0.4) is 0 Å². The molecule has 2 bridgehead atoms. The van der Waals surface area contributed by atoms with Crippen LogP contribution in [0, 0.1) is 0 Å². The summed E-state index contributed by atoms with van der Waals surface area (Å²) in [5.74, 6) is -28.8. The van der Waals surface area contributed by atoms with Gasteiger partial charge in [-0.1, -0.05) is 24.3 Å². The second-order valence-corrected chi connectivity index (χ2v) is 26.5. The second kappa shape index (κ2) is 23.5. The first-order chi connectivity index (χ1) is 49.9. The summed E-state index contributed by atoms with van der Waals surface area (Å²) in [5, 5.41) is 282. The molecule has 105 heavy (non-hydrogen) atoms. The topological polar surface area (TPSA) is 541 Å². The summed E-state index contributed by atoms with van der Waals surface area (Å²) in [6, 6.07) is 21.3. The largest absolute Gasteiger partial charge is 0.508 e. The molecule has 6 aliphatic rings. The Hall–Kier alpha value is -13.0. The highest BCUT2D eigenvalue weighted by molar-refractivity contribution is 5.76. The number of hydrogen-bond acceptors (Lipinski definition) is 30. The summed E-state index contributed by atoms with van der Waals surface area (Å²) < 4.78 is 40.0. The molecule has 24 N–H and O–H groups in total. The lowest BCUT2D eigenvalue weighted by molar-refractivity contribution is -0.219. The molecule has 0 fully saturated rings. The number of phenolic OH excluding ortho intramolecular Hbond substituents is 19. The van der Waals surface area contributed by atoms with E-state index >= 15 is 0 Å². The average Bonchev–Trinajstić information content (AvgIpc) is 0.690. The molecule has 30 nitrogen and oxygen atoms in total. The number of phenols is 19. The van der Waals surface area contributed by atoms with Crippen molar-refractivity contribution < 1.29 is 151 Å². The van der Waals surface area contributed by atoms with E-state index in [1.54, 1.807) is 0 Å². The maximum Gasteiger partial charge on any atom is 0.305 e. The van der Waals surface area contributed by atoms with Crippen LogP contribution in [0.15, 0.2) is 127 Å². The molecule has 0 radical (unpaired) electrons. The van der Waals surface area contributed by atoms with Crippen molar-refractivity contribution in [3.63, 3.8) is 0 Å². The third-order valence-electron chi connectivity index (χ3n) is 20.5. The van der Waals surface area contributed by atoms with Crippen LogP contribution in [0.25, 0.3) is 0 Å². The zero-order valence-corrected chi connectivity index (χ0v) is 53.5. The van der Waals surface area contributed by atoms with Gasteiger partial charge in [-0.15, -0.1) is 0 Å². The molecule has 10 aromatic rings. The maximum absolute atomic E-state index is 13.6. The highest BCUT2D eigenvalue weighted by Crippen LogP contribution is 2.69. The molecular formula is C75H60O30. The monoisotopic (exact) mass is 1440 g/mol. The van der Waals surface area contributed by atoms with E-state index in [0.717, 1.165) is 103 Å². The predicted octanol–water partition coefficient (Wildman–Crippen LogP) is 7.14. The van der Waals surface area contributed by atoms with Crippen molar-refractivity contribution in [2.45, 2.75) is 90.8 Å². The van der Waals surface area contributed by atoms with Crippen LogP contribution in [0.2, 0.25) is 0 Å². The molecule has 16 rings (SSSR count). The van der Waals surface area contributed by atoms with Crippen LogP contribution >= 0.6 is 0 Å². The van der Waals surface area contributed by atoms with Gasteiger partial charge in [-0.2, -0.15) is 0 Å². The Morgan fingerprint density at radius 1 is 0.267 bits per heavy atom. The second-order valence-electron chi connectivity index (χ2n) is 26.5. The zero-order valence-electron chi connectivity index (χ0n) is 53.5. The van der Waals surface area contributed by atoms with Crippen molar-refractivity contribution in [3.05, 3.63) is 205 Å². The van der Waals surface area contributed by atoms with Gasteiger partial charge in [0.05, 0.1) is 29.8 Å². The van der Waals surface area contributed by atoms with Crippen LogP contribution in [0.1, 0.15) is 126 Å². The first-order valence-electron chi connectivity index (χ1n) is 32.2. The van der Waals surface area contributed by atoms with Gasteiger partial charge in [0.2, 0.25) is 0 Å². The lowest BCUT2D eigenvalue weighted by Crippen LogP contribution is -2.58. The molecule has 540 valence electrons. The number of aromatic hydroxyl groups is 19. The standard InChI is InChI=1S/C75H60O30/c76-28-16-41(88)51-49(17-28)100-67(24-2-7-31(78)37(84)12-24)63(96)59(51)53-43(90)20-44(91)54-61(65(98)68(102-71(53)54)25-3-8-32(79)38(85)13-25)56-45(92)21-46(93)57-62-58-50(104-75(74(62)99,105-73(56)57)27-5-10-34(81)40(87)15-27)22-47(94)55-60(64(97)69(103-72(55)58)26-4-9-33(80)39(86)14-26)52-42(89)19-35(82)29-18-48(95)66(101-70(29)52)23-1-6-30(77)36(83)11-23/h1-17,19-22,48,59-69,74,76-99H,18H2. The first-order valence-corrected chi connectivity index (χ1v) is 32.2. The molecule has 0 saturated heterocycles. The summed E-state index contributed by atoms with van der Waals surface area (Å²) in [6.07, 6.45) is -17.7. The summed E-state index contributed by atoms with van der Waals surface area (Å²) in [6.45, 7) is 0. The van der Waals surface area contributed by atoms with Gasteiger partial charge in [0.25, 0.3) is 0 Å². The number of ether oxygens (including phenoxy) is 6. The van der Waals surface area contributed by atoms with Gasteiger partial charge in [0, 0.05) is 98.5 Å². The Labute approximate surface area is 588 Å². The lowest BCUT2D eigenvalue weighted by Gasteiger charge is -2.52. The van der Waals surface area contributed by atoms with E-state index in [2.05, 4.69) is 0 Å². The molecule has 14 unspecified atom stereocenters. The van der Waals surface area contributed by atoms with Gasteiger partial charge in [-0.05, 0) is 89.0 Å². The fourth-order valence-electron chi connectivity index (χ4n) is 15.8. The van der Waals surface area contributed by atoms with Crippen LogP contribution < -0.4 is 28.4 Å². The van der Waals surface area contributed by atoms with Gasteiger partial charge in [0.1, 0.15) is 117 Å². The van der Waals surface area contributed by atoms with E-state index in [4.69, 9.17) is 28.4 Å². The van der Waals surface area contributed by atoms with E-state index < -0.39 is 273 Å². The maximum atomic E-state index is 13.6. The molecule has 0 aromatic heterocycles. The summed E-state index contributed by atoms with van der Waals surface area (Å²) in [4.78, 5) is 0. The molecule has 0 aliphatic carbocycles. The number of aliphatic hydroxyl groups excluding tert-OH is 5. The van der Waals surface area contributed by atoms with Crippen LogP contribution in [-0.4, -0.2) is 153 Å². The van der Waals surface area contributed by atoms with E-state index in [0.29, 0.717) is 0 Å². The highest BCUT2D eigenvalue weighted by Gasteiger charge is 2.63. The van der Waals surface area contributed by atoms with Gasteiger partial charge < -0.3 is 151 Å². The smallest absolute Gasteiger partial charge is 0.305 e. The van der Waals surface area contributed by atoms with Gasteiger partial charge in [0.15, 0.2) is 75.8 Å². The Morgan fingerprint density at radius 2 is 0.629 bits per heavy atom. The third kappa shape index (κ3) is 9.89. The van der Waals surface area contributed by atoms with Crippen molar-refractivity contribution in [3.8, 4) is 144 Å². The summed E-state index contributed by atoms with van der Waals surface area (Å²) in [5.41, 5.74) is -5.07. The molecule has 10 aromatic carbocycles. The third-order valence-corrected chi connectivity index (χ3v) is 20.5. The van der Waals surface area contributed by atoms with Crippen LogP contribution in [-0.2, 0) is 12.2 Å². The van der Waals surface area contributed by atoms with Crippen LogP contribution in [0.5, 0.6) is 144 Å². The first kappa shape index (κ1) is 66.5. The molecule has 6 heterocycles. The van der Waals surface area contributed by atoms with E-state index in [1.807, 2.05) is 0 Å². The predicted molar refractivity (Wildman–Crippen MR) is 354 cm³/mol. The number of benzene rings is 10. The van der Waals surface area contributed by atoms with Crippen molar-refractivity contribution in [2.24, 2.45) is 0 Å². The highest BCUT2D eigenvalue weighted by atomic mass is 16.7. The number of rotatable bonds is 8. The van der Waals surface area contributed by atoms with Crippen LogP contribution in [0.4, 0.5) is 0 Å².